The largest absolute Gasteiger partial charge is 0.378 e. The molecular weight excluding hydrogens is 356 g/mol. The molecule has 1 aromatic carbocycles. The number of rotatable bonds is 8. The number of nitrogens with one attached hydrogen (secondary N) is 1. The first kappa shape index (κ1) is 20.0. The minimum atomic E-state index is -0.415. The Morgan fingerprint density at radius 2 is 2.18 bits per heavy atom. The van der Waals surface area contributed by atoms with Gasteiger partial charge in [-0.3, -0.25) is 4.79 Å². The molecule has 150 valence electrons. The van der Waals surface area contributed by atoms with Crippen LogP contribution >= 0.6 is 0 Å². The monoisotopic (exact) mass is 384 g/mol. The van der Waals surface area contributed by atoms with Crippen molar-refractivity contribution in [2.24, 2.45) is 5.73 Å². The minimum Gasteiger partial charge on any atom is -0.378 e. The van der Waals surface area contributed by atoms with Crippen LogP contribution in [0.1, 0.15) is 15.9 Å². The van der Waals surface area contributed by atoms with Gasteiger partial charge in [-0.05, 0) is 44.3 Å². The number of aromatic nitrogens is 2. The van der Waals surface area contributed by atoms with Gasteiger partial charge in [-0.2, -0.15) is 4.98 Å². The second kappa shape index (κ2) is 8.99. The van der Waals surface area contributed by atoms with Crippen molar-refractivity contribution in [1.29, 1.82) is 0 Å². The first-order valence-corrected chi connectivity index (χ1v) is 9.37. The van der Waals surface area contributed by atoms with Gasteiger partial charge in [-0.15, -0.1) is 0 Å². The van der Waals surface area contributed by atoms with Crippen LogP contribution in [0.25, 0.3) is 0 Å². The van der Waals surface area contributed by atoms with E-state index in [0.29, 0.717) is 24.1 Å². The van der Waals surface area contributed by atoms with Crippen molar-refractivity contribution in [3.63, 3.8) is 0 Å². The Kier molecular flexibility index (Phi) is 6.43. The predicted molar refractivity (Wildman–Crippen MR) is 110 cm³/mol. The van der Waals surface area contributed by atoms with Crippen molar-refractivity contribution >= 4 is 17.7 Å². The number of primary amides is 1. The summed E-state index contributed by atoms with van der Waals surface area (Å²) in [6.45, 7) is 2.32. The van der Waals surface area contributed by atoms with E-state index in [4.69, 9.17) is 10.5 Å². The van der Waals surface area contributed by atoms with Gasteiger partial charge in [0.15, 0.2) is 0 Å². The maximum Gasteiger partial charge on any atom is 0.248 e. The molecule has 3 rings (SSSR count). The van der Waals surface area contributed by atoms with Crippen LogP contribution < -0.4 is 16.0 Å². The van der Waals surface area contributed by atoms with Gasteiger partial charge in [0.2, 0.25) is 11.9 Å². The molecule has 2 aromatic rings. The fourth-order valence-electron chi connectivity index (χ4n) is 3.48. The fourth-order valence-corrected chi connectivity index (χ4v) is 3.48. The smallest absolute Gasteiger partial charge is 0.248 e. The number of hydrogen-bond donors (Lipinski definition) is 2. The molecule has 0 radical (unpaired) electrons. The van der Waals surface area contributed by atoms with Crippen LogP contribution in [-0.2, 0) is 11.2 Å². The number of ether oxygens (including phenoxy) is 1. The summed E-state index contributed by atoms with van der Waals surface area (Å²) >= 11 is 0. The van der Waals surface area contributed by atoms with E-state index >= 15 is 0 Å². The van der Waals surface area contributed by atoms with E-state index in [0.717, 1.165) is 30.9 Å². The Hall–Kier alpha value is -2.71. The van der Waals surface area contributed by atoms with E-state index in [1.54, 1.807) is 19.4 Å². The SMILES string of the molecule is CO[C@@H]1CN(c2ccnc(NCCc3cccc(C(N)=O)c3)n2)C[C@@H]1N(C)C. The number of carbonyl (C=O) groups excluding carboxylic acids is 1. The number of methoxy groups -OCH3 is 1. The molecule has 0 saturated carbocycles. The molecule has 1 saturated heterocycles. The third-order valence-electron chi connectivity index (χ3n) is 5.08. The van der Waals surface area contributed by atoms with Crippen LogP contribution in [0.5, 0.6) is 0 Å². The highest BCUT2D eigenvalue weighted by Crippen LogP contribution is 2.22. The van der Waals surface area contributed by atoms with Gasteiger partial charge >= 0.3 is 0 Å². The summed E-state index contributed by atoms with van der Waals surface area (Å²) in [5.74, 6) is 1.06. The minimum absolute atomic E-state index is 0.152. The first-order valence-electron chi connectivity index (χ1n) is 9.37. The molecule has 1 aliphatic rings. The zero-order valence-corrected chi connectivity index (χ0v) is 16.6. The second-order valence-corrected chi connectivity index (χ2v) is 7.19. The number of hydrogen-bond acceptors (Lipinski definition) is 7. The van der Waals surface area contributed by atoms with E-state index in [1.165, 1.54) is 0 Å². The molecule has 1 aliphatic heterocycles. The Morgan fingerprint density at radius 1 is 1.36 bits per heavy atom. The summed E-state index contributed by atoms with van der Waals surface area (Å²) < 4.78 is 5.63. The molecule has 3 N–H and O–H groups in total. The molecule has 1 amide bonds. The van der Waals surface area contributed by atoms with Gasteiger partial charge in [0, 0.05) is 38.5 Å². The standard InChI is InChI=1S/C20H28N6O2/c1-25(2)16-12-26(13-17(16)28-3)18-8-10-23-20(24-18)22-9-7-14-5-4-6-15(11-14)19(21)27/h4-6,8,10-11,16-17H,7,9,12-13H2,1-3H3,(H2,21,27)(H,22,23,24)/t16-,17+/m0/s1. The lowest BCUT2D eigenvalue weighted by atomic mass is 10.1. The van der Waals surface area contributed by atoms with Gasteiger partial charge in [0.1, 0.15) is 5.82 Å². The van der Waals surface area contributed by atoms with Gasteiger partial charge in [0.05, 0.1) is 12.1 Å². The van der Waals surface area contributed by atoms with Gasteiger partial charge < -0.3 is 25.6 Å². The zero-order chi connectivity index (χ0) is 20.1. The number of likely N-dealkylation sites (N-methyl/N-ethyl adjacent to an activating group) is 1. The van der Waals surface area contributed by atoms with Crippen molar-refractivity contribution in [2.75, 3.05) is 51.1 Å². The van der Waals surface area contributed by atoms with E-state index in [9.17, 15) is 4.79 Å². The summed E-state index contributed by atoms with van der Waals surface area (Å²) in [5.41, 5.74) is 6.90. The molecule has 8 nitrogen and oxygen atoms in total. The van der Waals surface area contributed by atoms with Crippen molar-refractivity contribution in [1.82, 2.24) is 14.9 Å². The third kappa shape index (κ3) is 4.76. The lowest BCUT2D eigenvalue weighted by molar-refractivity contribution is 0.0639. The lowest BCUT2D eigenvalue weighted by Gasteiger charge is -2.23. The van der Waals surface area contributed by atoms with Gasteiger partial charge in [-0.1, -0.05) is 12.1 Å². The van der Waals surface area contributed by atoms with Crippen molar-refractivity contribution in [3.05, 3.63) is 47.7 Å². The third-order valence-corrected chi connectivity index (χ3v) is 5.08. The first-order chi connectivity index (χ1) is 13.5. The van der Waals surface area contributed by atoms with Crippen LogP contribution in [0, 0.1) is 0 Å². The highest BCUT2D eigenvalue weighted by molar-refractivity contribution is 5.92. The normalized spacial score (nSPS) is 19.2. The maximum absolute atomic E-state index is 11.3. The average molecular weight is 384 g/mol. The Balaban J connectivity index is 1.60. The molecule has 2 atom stereocenters. The van der Waals surface area contributed by atoms with Gasteiger partial charge in [-0.25, -0.2) is 4.98 Å². The average Bonchev–Trinajstić information content (AvgIpc) is 3.13. The maximum atomic E-state index is 11.3. The van der Waals surface area contributed by atoms with E-state index in [2.05, 4.69) is 39.2 Å². The molecule has 28 heavy (non-hydrogen) atoms. The van der Waals surface area contributed by atoms with E-state index in [1.807, 2.05) is 24.3 Å². The number of carbonyl (C=O) groups is 1. The van der Waals surface area contributed by atoms with Crippen molar-refractivity contribution in [3.8, 4) is 0 Å². The molecule has 0 aliphatic carbocycles. The number of nitrogens with zero attached hydrogens (tertiary/aromatic N) is 4. The second-order valence-electron chi connectivity index (χ2n) is 7.19. The van der Waals surface area contributed by atoms with Crippen LogP contribution in [0.3, 0.4) is 0 Å². The predicted octanol–water partition coefficient (Wildman–Crippen LogP) is 0.995. The number of benzene rings is 1. The highest BCUT2D eigenvalue weighted by Gasteiger charge is 2.34. The molecule has 0 unspecified atom stereocenters. The summed E-state index contributed by atoms with van der Waals surface area (Å²) in [5, 5.41) is 3.26. The molecule has 2 heterocycles. The molecular formula is C20H28N6O2. The summed E-state index contributed by atoms with van der Waals surface area (Å²) in [6.07, 6.45) is 2.66. The van der Waals surface area contributed by atoms with Crippen LogP contribution in [0.2, 0.25) is 0 Å². The molecule has 0 bridgehead atoms. The highest BCUT2D eigenvalue weighted by atomic mass is 16.5. The summed E-state index contributed by atoms with van der Waals surface area (Å²) in [4.78, 5) is 24.7. The fraction of sp³-hybridized carbons (Fsp3) is 0.450. The Morgan fingerprint density at radius 3 is 2.86 bits per heavy atom. The molecule has 1 aromatic heterocycles. The molecule has 1 fully saturated rings. The van der Waals surface area contributed by atoms with Crippen LogP contribution in [-0.4, -0.2) is 73.8 Å². The van der Waals surface area contributed by atoms with Gasteiger partial charge in [0.25, 0.3) is 0 Å². The van der Waals surface area contributed by atoms with E-state index < -0.39 is 5.91 Å². The zero-order valence-electron chi connectivity index (χ0n) is 16.6. The topological polar surface area (TPSA) is 96.6 Å². The summed E-state index contributed by atoms with van der Waals surface area (Å²) in [7, 11) is 5.89. The van der Waals surface area contributed by atoms with Crippen molar-refractivity contribution in [2.45, 2.75) is 18.6 Å². The summed E-state index contributed by atoms with van der Waals surface area (Å²) in [6, 6.07) is 9.60. The number of amides is 1. The molecule has 0 spiro atoms. The van der Waals surface area contributed by atoms with Crippen LogP contribution in [0.15, 0.2) is 36.5 Å². The molecule has 8 heteroatoms. The quantitative estimate of drug-likeness (QED) is 0.701. The number of nitrogens with two attached hydrogens (primary N) is 1. The van der Waals surface area contributed by atoms with Crippen LogP contribution in [0.4, 0.5) is 11.8 Å². The lowest BCUT2D eigenvalue weighted by Crippen LogP contribution is -2.39. The van der Waals surface area contributed by atoms with E-state index in [-0.39, 0.29) is 6.10 Å². The Labute approximate surface area is 165 Å². The number of anilines is 2. The van der Waals surface area contributed by atoms with Crippen molar-refractivity contribution < 1.29 is 9.53 Å². The Bertz CT molecular complexity index is 813.